The van der Waals surface area contributed by atoms with E-state index < -0.39 is 5.41 Å². The third kappa shape index (κ3) is 12.8. The first kappa shape index (κ1) is 41.8. The second kappa shape index (κ2) is 21.7. The second-order valence-corrected chi connectivity index (χ2v) is 15.6. The van der Waals surface area contributed by atoms with Crippen LogP contribution >= 0.6 is 0 Å². The van der Waals surface area contributed by atoms with Gasteiger partial charge in [0.2, 0.25) is 0 Å². The molecular formula is C43H68O7. The Morgan fingerprint density at radius 3 is 1.70 bits per heavy atom. The normalized spacial score (nSPS) is 21.0. The number of benzene rings is 1. The molecule has 282 valence electrons. The molecule has 0 unspecified atom stereocenters. The Balaban J connectivity index is 1.80. The van der Waals surface area contributed by atoms with Crippen LogP contribution in [0.15, 0.2) is 36.4 Å². The van der Waals surface area contributed by atoms with Crippen molar-refractivity contribution in [3.8, 4) is 5.75 Å². The summed E-state index contributed by atoms with van der Waals surface area (Å²) in [6.45, 7) is 15.3. The molecule has 0 aliphatic heterocycles. The lowest BCUT2D eigenvalue weighted by atomic mass is 9.67. The number of esters is 2. The molecular weight excluding hydrogens is 628 g/mol. The van der Waals surface area contributed by atoms with Gasteiger partial charge >= 0.3 is 11.9 Å². The van der Waals surface area contributed by atoms with Gasteiger partial charge in [-0.2, -0.15) is 0 Å². The summed E-state index contributed by atoms with van der Waals surface area (Å²) in [4.78, 5) is 24.1. The molecule has 3 rings (SSSR count). The molecule has 1 aromatic rings. The van der Waals surface area contributed by atoms with Crippen molar-refractivity contribution in [1.29, 1.82) is 0 Å². The van der Waals surface area contributed by atoms with Gasteiger partial charge in [0.1, 0.15) is 5.75 Å². The van der Waals surface area contributed by atoms with E-state index in [1.54, 1.807) is 13.8 Å². The van der Waals surface area contributed by atoms with Crippen molar-refractivity contribution >= 4 is 11.9 Å². The van der Waals surface area contributed by atoms with E-state index in [9.17, 15) is 19.8 Å². The summed E-state index contributed by atoms with van der Waals surface area (Å²) in [6.07, 6.45) is 19.2. The van der Waals surface area contributed by atoms with Crippen LogP contribution in [0.1, 0.15) is 147 Å². The van der Waals surface area contributed by atoms with Crippen LogP contribution in [0.25, 0.3) is 0 Å². The maximum absolute atomic E-state index is 12.1. The minimum atomic E-state index is -0.756. The van der Waals surface area contributed by atoms with Gasteiger partial charge in [-0.3, -0.25) is 0 Å². The molecule has 0 radical (unpaired) electrons. The molecule has 50 heavy (non-hydrogen) atoms. The van der Waals surface area contributed by atoms with Crippen molar-refractivity contribution in [3.63, 3.8) is 0 Å². The molecule has 0 atom stereocenters. The van der Waals surface area contributed by atoms with Gasteiger partial charge in [-0.15, -0.1) is 0 Å². The zero-order chi connectivity index (χ0) is 36.5. The van der Waals surface area contributed by atoms with Crippen molar-refractivity contribution in [2.45, 2.75) is 143 Å². The van der Waals surface area contributed by atoms with Gasteiger partial charge in [0.15, 0.2) is 0 Å². The zero-order valence-corrected chi connectivity index (χ0v) is 31.9. The smallest absolute Gasteiger partial charge is 0.333 e. The van der Waals surface area contributed by atoms with Crippen molar-refractivity contribution in [3.05, 3.63) is 53.1 Å². The van der Waals surface area contributed by atoms with Gasteiger partial charge < -0.3 is 24.4 Å². The first-order valence-corrected chi connectivity index (χ1v) is 19.7. The van der Waals surface area contributed by atoms with Gasteiger partial charge in [0, 0.05) is 11.1 Å². The third-order valence-corrected chi connectivity index (χ3v) is 11.6. The molecule has 0 bridgehead atoms. The number of unbranched alkanes of at least 4 members (excludes halogenated alkanes) is 2. The molecule has 0 saturated heterocycles. The fourth-order valence-electron chi connectivity index (χ4n) is 7.92. The van der Waals surface area contributed by atoms with Crippen LogP contribution in [0.5, 0.6) is 5.75 Å². The number of carbonyl (C=O) groups excluding carboxylic acids is 2. The number of aliphatic hydroxyl groups excluding tert-OH is 2. The number of hydrogen-bond acceptors (Lipinski definition) is 7. The minimum absolute atomic E-state index is 0.178. The Hall–Kier alpha value is -2.64. The SMILES string of the molecule is C=C(C)C(=O)OCCCc1cc(C2CCC(C3CCC(CCCCC)CC3)CC2)cc(CCCOC(=O)C(=C)C)c1OCC(CC)(CO)CO. The fraction of sp³-hybridized carbons (Fsp3) is 0.721. The van der Waals surface area contributed by atoms with Crippen LogP contribution in [-0.4, -0.2) is 55.2 Å². The Morgan fingerprint density at radius 2 is 1.26 bits per heavy atom. The molecule has 0 spiro atoms. The molecule has 2 aliphatic rings. The molecule has 7 heteroatoms. The maximum Gasteiger partial charge on any atom is 0.333 e. The average molecular weight is 697 g/mol. The van der Waals surface area contributed by atoms with Crippen LogP contribution in [0, 0.1) is 23.2 Å². The third-order valence-electron chi connectivity index (χ3n) is 11.6. The summed E-state index contributed by atoms with van der Waals surface area (Å²) in [5.74, 6) is 3.10. The summed E-state index contributed by atoms with van der Waals surface area (Å²) >= 11 is 0. The summed E-state index contributed by atoms with van der Waals surface area (Å²) in [7, 11) is 0. The monoisotopic (exact) mass is 696 g/mol. The molecule has 2 N–H and O–H groups in total. The molecule has 7 nitrogen and oxygen atoms in total. The maximum atomic E-state index is 12.1. The Morgan fingerprint density at radius 1 is 0.760 bits per heavy atom. The van der Waals surface area contributed by atoms with Crippen LogP contribution in [-0.2, 0) is 31.9 Å². The largest absolute Gasteiger partial charge is 0.492 e. The summed E-state index contributed by atoms with van der Waals surface area (Å²) in [6, 6.07) is 4.58. The predicted octanol–water partition coefficient (Wildman–Crippen LogP) is 9.21. The van der Waals surface area contributed by atoms with E-state index in [1.807, 2.05) is 6.92 Å². The molecule has 0 amide bonds. The second-order valence-electron chi connectivity index (χ2n) is 15.6. The number of hydrogen-bond donors (Lipinski definition) is 2. The zero-order valence-electron chi connectivity index (χ0n) is 31.9. The van der Waals surface area contributed by atoms with Crippen LogP contribution in [0.3, 0.4) is 0 Å². The highest BCUT2D eigenvalue weighted by molar-refractivity contribution is 5.87. The highest BCUT2D eigenvalue weighted by Gasteiger charge is 2.32. The van der Waals surface area contributed by atoms with Crippen LogP contribution in [0.4, 0.5) is 0 Å². The van der Waals surface area contributed by atoms with E-state index in [0.29, 0.717) is 49.2 Å². The van der Waals surface area contributed by atoms with Crippen LogP contribution in [0.2, 0.25) is 0 Å². The molecule has 2 aliphatic carbocycles. The van der Waals surface area contributed by atoms with Crippen molar-refractivity contribution in [2.75, 3.05) is 33.0 Å². The average Bonchev–Trinajstić information content (AvgIpc) is 3.13. The van der Waals surface area contributed by atoms with Gasteiger partial charge in [-0.25, -0.2) is 9.59 Å². The quantitative estimate of drug-likeness (QED) is 0.0708. The topological polar surface area (TPSA) is 102 Å². The molecule has 0 heterocycles. The summed E-state index contributed by atoms with van der Waals surface area (Å²) < 4.78 is 17.4. The van der Waals surface area contributed by atoms with E-state index in [-0.39, 0.29) is 45.0 Å². The Bertz CT molecular complexity index is 1150. The lowest BCUT2D eigenvalue weighted by Gasteiger charge is -2.38. The minimum Gasteiger partial charge on any atom is -0.492 e. The van der Waals surface area contributed by atoms with E-state index in [4.69, 9.17) is 14.2 Å². The number of aliphatic hydroxyl groups is 2. The van der Waals surface area contributed by atoms with E-state index in [1.165, 1.54) is 82.6 Å². The molecule has 2 fully saturated rings. The number of ether oxygens (including phenoxy) is 3. The first-order chi connectivity index (χ1) is 24.1. The van der Waals surface area contributed by atoms with Gasteiger partial charge in [-0.1, -0.05) is 77.7 Å². The highest BCUT2D eigenvalue weighted by atomic mass is 16.5. The highest BCUT2D eigenvalue weighted by Crippen LogP contribution is 2.45. The summed E-state index contributed by atoms with van der Waals surface area (Å²) in [5, 5.41) is 20.3. The van der Waals surface area contributed by atoms with Crippen molar-refractivity contribution in [1.82, 2.24) is 0 Å². The Kier molecular flexibility index (Phi) is 18.1. The van der Waals surface area contributed by atoms with E-state index in [2.05, 4.69) is 32.2 Å². The molecule has 0 aromatic heterocycles. The fourth-order valence-corrected chi connectivity index (χ4v) is 7.92. The van der Waals surface area contributed by atoms with E-state index in [0.717, 1.165) is 34.6 Å². The lowest BCUT2D eigenvalue weighted by molar-refractivity contribution is -0.139. The Labute approximate surface area is 303 Å². The van der Waals surface area contributed by atoms with Crippen molar-refractivity contribution < 1.29 is 34.0 Å². The van der Waals surface area contributed by atoms with Gasteiger partial charge in [0.25, 0.3) is 0 Å². The number of carbonyl (C=O) groups is 2. The number of rotatable bonds is 22. The van der Waals surface area contributed by atoms with E-state index >= 15 is 0 Å². The predicted molar refractivity (Wildman–Crippen MR) is 201 cm³/mol. The standard InChI is InChI=1S/C43H68O7/c1-7-9-10-13-33-16-18-34(19-17-33)35-20-22-36(23-21-35)39-26-37(14-11-24-48-41(46)31(3)4)40(50-30-43(8-2,28-44)29-45)38(27-39)15-12-25-49-42(47)32(5)6/h26-27,33-36,44-45H,3,5,7-25,28-30H2,1-2,4,6H3. The summed E-state index contributed by atoms with van der Waals surface area (Å²) in [5.41, 5.74) is 3.42. The van der Waals surface area contributed by atoms with Crippen molar-refractivity contribution in [2.24, 2.45) is 23.2 Å². The number of aryl methyl sites for hydroxylation is 2. The van der Waals surface area contributed by atoms with Gasteiger partial charge in [-0.05, 0) is 125 Å². The van der Waals surface area contributed by atoms with Crippen LogP contribution < -0.4 is 4.74 Å². The molecule has 1 aromatic carbocycles. The lowest BCUT2D eigenvalue weighted by Crippen LogP contribution is -2.36. The first-order valence-electron chi connectivity index (χ1n) is 19.7. The van der Waals surface area contributed by atoms with Gasteiger partial charge in [0.05, 0.1) is 38.4 Å². The molecule has 2 saturated carbocycles.